The van der Waals surface area contributed by atoms with E-state index in [-0.39, 0.29) is 22.6 Å². The summed E-state index contributed by atoms with van der Waals surface area (Å²) >= 11 is 0. The van der Waals surface area contributed by atoms with Gasteiger partial charge in [0.15, 0.2) is 5.76 Å². The summed E-state index contributed by atoms with van der Waals surface area (Å²) in [5, 5.41) is 3.55. The highest BCUT2D eigenvalue weighted by Gasteiger charge is 2.29. The van der Waals surface area contributed by atoms with E-state index in [0.29, 0.717) is 35.5 Å². The van der Waals surface area contributed by atoms with E-state index in [4.69, 9.17) is 4.42 Å². The molecule has 0 saturated carbocycles. The lowest BCUT2D eigenvalue weighted by molar-refractivity contribution is 0.0912. The summed E-state index contributed by atoms with van der Waals surface area (Å²) in [6.45, 7) is 8.89. The summed E-state index contributed by atoms with van der Waals surface area (Å²) in [7, 11) is -3.55. The first-order chi connectivity index (χ1) is 12.7. The average Bonchev–Trinajstić information content (AvgIpc) is 2.98. The minimum Gasteiger partial charge on any atom is -0.451 e. The normalized spacial score (nSPS) is 19.9. The minimum atomic E-state index is -3.55. The summed E-state index contributed by atoms with van der Waals surface area (Å²) in [5.41, 5.74) is 1.18. The highest BCUT2D eigenvalue weighted by Crippen LogP contribution is 2.30. The van der Waals surface area contributed by atoms with Crippen molar-refractivity contribution in [3.63, 3.8) is 0 Å². The van der Waals surface area contributed by atoms with Crippen molar-refractivity contribution in [1.82, 2.24) is 9.62 Å². The highest BCUT2D eigenvalue weighted by atomic mass is 32.2. The maximum Gasteiger partial charge on any atom is 0.287 e. The van der Waals surface area contributed by atoms with Crippen molar-refractivity contribution in [2.24, 2.45) is 5.92 Å². The van der Waals surface area contributed by atoms with Gasteiger partial charge in [0.25, 0.3) is 5.91 Å². The van der Waals surface area contributed by atoms with Crippen molar-refractivity contribution < 1.29 is 17.6 Å². The van der Waals surface area contributed by atoms with E-state index >= 15 is 0 Å². The van der Waals surface area contributed by atoms with Gasteiger partial charge in [-0.2, -0.15) is 4.31 Å². The van der Waals surface area contributed by atoms with E-state index < -0.39 is 10.0 Å². The Bertz CT molecular complexity index is 948. The molecule has 0 bridgehead atoms. The Labute approximate surface area is 161 Å². The quantitative estimate of drug-likeness (QED) is 0.842. The lowest BCUT2D eigenvalue weighted by Gasteiger charge is -2.30. The van der Waals surface area contributed by atoms with Gasteiger partial charge in [-0.1, -0.05) is 13.8 Å². The van der Waals surface area contributed by atoms with E-state index in [2.05, 4.69) is 12.2 Å². The Morgan fingerprint density at radius 2 is 2.15 bits per heavy atom. The smallest absolute Gasteiger partial charge is 0.287 e. The van der Waals surface area contributed by atoms with Gasteiger partial charge >= 0.3 is 0 Å². The number of amides is 1. The van der Waals surface area contributed by atoms with Crippen LogP contribution in [0.3, 0.4) is 0 Å². The number of rotatable bonds is 5. The van der Waals surface area contributed by atoms with Gasteiger partial charge in [0.05, 0.1) is 4.90 Å². The van der Waals surface area contributed by atoms with Crippen LogP contribution in [0.5, 0.6) is 0 Å². The van der Waals surface area contributed by atoms with Crippen molar-refractivity contribution in [3.05, 3.63) is 29.5 Å². The molecule has 2 unspecified atom stereocenters. The van der Waals surface area contributed by atoms with Gasteiger partial charge in [-0.15, -0.1) is 0 Å². The first-order valence-electron chi connectivity index (χ1n) is 9.58. The topological polar surface area (TPSA) is 79.6 Å². The molecule has 6 nitrogen and oxygen atoms in total. The molecule has 1 saturated heterocycles. The number of hydrogen-bond donors (Lipinski definition) is 1. The molecule has 2 aromatic rings. The molecule has 1 aromatic carbocycles. The second-order valence-electron chi connectivity index (χ2n) is 7.61. The lowest BCUT2D eigenvalue weighted by atomic mass is 10.0. The van der Waals surface area contributed by atoms with Gasteiger partial charge in [-0.05, 0) is 57.2 Å². The Hall–Kier alpha value is -1.86. The summed E-state index contributed by atoms with van der Waals surface area (Å²) in [6.07, 6.45) is 2.76. The second-order valence-corrected chi connectivity index (χ2v) is 9.55. The average molecular weight is 393 g/mol. The maximum atomic E-state index is 13.0. The predicted molar refractivity (Wildman–Crippen MR) is 105 cm³/mol. The van der Waals surface area contributed by atoms with Gasteiger partial charge in [-0.25, -0.2) is 8.42 Å². The fourth-order valence-corrected chi connectivity index (χ4v) is 5.11. The number of benzene rings is 1. The predicted octanol–water partition coefficient (Wildman–Crippen LogP) is 3.69. The van der Waals surface area contributed by atoms with Crippen molar-refractivity contribution >= 4 is 26.9 Å². The fraction of sp³-hybridized carbons (Fsp3) is 0.550. The number of furan rings is 1. The molecule has 7 heteroatoms. The van der Waals surface area contributed by atoms with E-state index in [1.807, 2.05) is 13.8 Å². The SMILES string of the molecule is CCC(C)NC(=O)c1oc2ccc(S(=O)(=O)N3CCCC(C)C3)cc2c1C. The number of nitrogens with zero attached hydrogens (tertiary/aromatic N) is 1. The van der Waals surface area contributed by atoms with Crippen LogP contribution in [0.2, 0.25) is 0 Å². The Balaban J connectivity index is 1.95. The third-order valence-corrected chi connectivity index (χ3v) is 7.22. The van der Waals surface area contributed by atoms with Crippen LogP contribution in [0.4, 0.5) is 0 Å². The molecule has 1 amide bonds. The number of carbonyl (C=O) groups is 1. The molecule has 1 aliphatic heterocycles. The van der Waals surface area contributed by atoms with Crippen LogP contribution in [0.25, 0.3) is 11.0 Å². The van der Waals surface area contributed by atoms with Crippen molar-refractivity contribution in [3.8, 4) is 0 Å². The summed E-state index contributed by atoms with van der Waals surface area (Å²) in [6, 6.07) is 4.88. The summed E-state index contributed by atoms with van der Waals surface area (Å²) < 4.78 is 33.3. The first kappa shape index (κ1) is 19.9. The Morgan fingerprint density at radius 1 is 1.41 bits per heavy atom. The van der Waals surface area contributed by atoms with Crippen LogP contribution in [0, 0.1) is 12.8 Å². The van der Waals surface area contributed by atoms with E-state index in [9.17, 15) is 13.2 Å². The summed E-state index contributed by atoms with van der Waals surface area (Å²) in [5.74, 6) is 0.336. The monoisotopic (exact) mass is 392 g/mol. The van der Waals surface area contributed by atoms with Crippen LogP contribution in [0.15, 0.2) is 27.5 Å². The third-order valence-electron chi connectivity index (χ3n) is 5.36. The first-order valence-corrected chi connectivity index (χ1v) is 11.0. The third kappa shape index (κ3) is 3.89. The van der Waals surface area contributed by atoms with Gasteiger partial charge in [0.2, 0.25) is 10.0 Å². The van der Waals surface area contributed by atoms with Gasteiger partial charge in [-0.3, -0.25) is 4.79 Å². The molecule has 2 atom stereocenters. The highest BCUT2D eigenvalue weighted by molar-refractivity contribution is 7.89. The van der Waals surface area contributed by atoms with Gasteiger partial charge in [0, 0.05) is 30.1 Å². The van der Waals surface area contributed by atoms with Crippen molar-refractivity contribution in [2.45, 2.75) is 57.9 Å². The van der Waals surface area contributed by atoms with Crippen LogP contribution in [0.1, 0.15) is 56.2 Å². The van der Waals surface area contributed by atoms with Gasteiger partial charge in [0.1, 0.15) is 5.58 Å². The molecule has 1 fully saturated rings. The molecule has 27 heavy (non-hydrogen) atoms. The zero-order valence-electron chi connectivity index (χ0n) is 16.4. The molecular weight excluding hydrogens is 364 g/mol. The van der Waals surface area contributed by atoms with E-state index in [1.165, 1.54) is 0 Å². The number of carbonyl (C=O) groups excluding carboxylic acids is 1. The fourth-order valence-electron chi connectivity index (χ4n) is 3.48. The number of hydrogen-bond acceptors (Lipinski definition) is 4. The molecule has 1 aliphatic rings. The Kier molecular flexibility index (Phi) is 5.63. The molecule has 0 aliphatic carbocycles. The van der Waals surface area contributed by atoms with Crippen LogP contribution < -0.4 is 5.32 Å². The van der Waals surface area contributed by atoms with Crippen LogP contribution >= 0.6 is 0 Å². The van der Waals surface area contributed by atoms with Crippen molar-refractivity contribution in [1.29, 1.82) is 0 Å². The molecule has 148 valence electrons. The summed E-state index contributed by atoms with van der Waals surface area (Å²) in [4.78, 5) is 12.7. The minimum absolute atomic E-state index is 0.0437. The standard InChI is InChI=1S/C20H28N2O4S/c1-5-14(3)21-20(23)19-15(4)17-11-16(8-9-18(17)26-19)27(24,25)22-10-6-7-13(2)12-22/h8-9,11,13-14H,5-7,10,12H2,1-4H3,(H,21,23). The molecule has 1 aromatic heterocycles. The maximum absolute atomic E-state index is 13.0. The Morgan fingerprint density at radius 3 is 2.81 bits per heavy atom. The molecular formula is C20H28N2O4S. The van der Waals surface area contributed by atoms with E-state index in [1.54, 1.807) is 29.4 Å². The zero-order valence-corrected chi connectivity index (χ0v) is 17.2. The molecule has 1 N–H and O–H groups in total. The number of nitrogens with one attached hydrogen (secondary N) is 1. The number of sulfonamides is 1. The largest absolute Gasteiger partial charge is 0.451 e. The molecule has 0 radical (unpaired) electrons. The molecule has 2 heterocycles. The van der Waals surface area contributed by atoms with Gasteiger partial charge < -0.3 is 9.73 Å². The zero-order chi connectivity index (χ0) is 19.8. The molecule has 0 spiro atoms. The number of fused-ring (bicyclic) bond motifs is 1. The number of piperidine rings is 1. The second kappa shape index (κ2) is 7.64. The number of aryl methyl sites for hydroxylation is 1. The van der Waals surface area contributed by atoms with Crippen LogP contribution in [-0.2, 0) is 10.0 Å². The van der Waals surface area contributed by atoms with Crippen LogP contribution in [-0.4, -0.2) is 37.8 Å². The van der Waals surface area contributed by atoms with E-state index in [0.717, 1.165) is 19.3 Å². The van der Waals surface area contributed by atoms with Crippen molar-refractivity contribution in [2.75, 3.05) is 13.1 Å². The molecule has 3 rings (SSSR count). The lowest BCUT2D eigenvalue weighted by Crippen LogP contribution is -2.39.